The van der Waals surface area contributed by atoms with Gasteiger partial charge in [0.25, 0.3) is 0 Å². The summed E-state index contributed by atoms with van der Waals surface area (Å²) in [5, 5.41) is 7.46. The van der Waals surface area contributed by atoms with Gasteiger partial charge in [-0.2, -0.15) is 13.2 Å². The van der Waals surface area contributed by atoms with E-state index in [-0.39, 0.29) is 11.3 Å². The predicted molar refractivity (Wildman–Crippen MR) is 127 cm³/mol. The average Bonchev–Trinajstić information content (AvgIpc) is 3.19. The Kier molecular flexibility index (Phi) is 7.16. The molecule has 3 aromatic rings. The average molecular weight is 474 g/mol. The molecule has 1 aromatic heterocycles. The summed E-state index contributed by atoms with van der Waals surface area (Å²) in [6.45, 7) is 3.86. The fraction of sp³-hybridized carbons (Fsp3) is 0.423. The van der Waals surface area contributed by atoms with Crippen molar-refractivity contribution in [3.05, 3.63) is 60.3 Å². The summed E-state index contributed by atoms with van der Waals surface area (Å²) >= 11 is 0. The van der Waals surface area contributed by atoms with Crippen LogP contribution in [0, 0.1) is 5.41 Å². The molecule has 2 fully saturated rings. The number of nitrogens with one attached hydrogen (secondary N) is 3. The van der Waals surface area contributed by atoms with Crippen LogP contribution >= 0.6 is 0 Å². The van der Waals surface area contributed by atoms with Crippen molar-refractivity contribution in [3.8, 4) is 5.75 Å². The second-order valence-corrected chi connectivity index (χ2v) is 9.21. The van der Waals surface area contributed by atoms with Gasteiger partial charge in [-0.15, -0.1) is 0 Å². The smallest absolute Gasteiger partial charge is 0.416 e. The predicted octanol–water partition coefficient (Wildman–Crippen LogP) is 6.13. The van der Waals surface area contributed by atoms with Gasteiger partial charge in [0.05, 0.1) is 17.4 Å². The molecule has 2 aromatic carbocycles. The van der Waals surface area contributed by atoms with E-state index in [1.54, 1.807) is 6.07 Å². The number of benzene rings is 2. The number of H-pyrrole nitrogens is 1. The van der Waals surface area contributed by atoms with E-state index in [1.165, 1.54) is 18.6 Å². The number of aromatic nitrogens is 1. The molecule has 0 spiro atoms. The van der Waals surface area contributed by atoms with Gasteiger partial charge in [-0.25, -0.2) is 0 Å². The molecule has 182 valence electrons. The third-order valence-corrected chi connectivity index (χ3v) is 6.61. The zero-order chi connectivity index (χ0) is 24.2. The number of ether oxygens (including phenoxy) is 1. The van der Waals surface area contributed by atoms with Crippen molar-refractivity contribution in [1.29, 1.82) is 0 Å². The number of amides is 1. The second-order valence-electron chi connectivity index (χ2n) is 9.21. The number of halogens is 3. The minimum absolute atomic E-state index is 0.107. The van der Waals surface area contributed by atoms with Crippen LogP contribution in [-0.4, -0.2) is 30.1 Å². The summed E-state index contributed by atoms with van der Waals surface area (Å²) in [5.74, 6) is 0.991. The van der Waals surface area contributed by atoms with Crippen molar-refractivity contribution in [3.63, 3.8) is 0 Å². The topological polar surface area (TPSA) is 66.2 Å². The number of carbonyl (C=O) groups excluding carboxylic acids is 1. The van der Waals surface area contributed by atoms with E-state index in [0.717, 1.165) is 73.2 Å². The van der Waals surface area contributed by atoms with Crippen LogP contribution in [0.4, 0.5) is 18.9 Å². The third kappa shape index (κ3) is 5.73. The van der Waals surface area contributed by atoms with E-state index >= 15 is 0 Å². The number of fused-ring (bicyclic) bond motifs is 1. The van der Waals surface area contributed by atoms with Gasteiger partial charge >= 0.3 is 6.18 Å². The maximum Gasteiger partial charge on any atom is 0.416 e. The van der Waals surface area contributed by atoms with E-state index < -0.39 is 11.7 Å². The standard InChI is InChI=1S/C19H25N3O2.C7H5F3/c1-19(7-9-20-10-8-19)18(23)22-17-12-21-16-6-5-14(11-15(16)17)24-13-3-2-4-13;8-7(9,10)6-4-2-1-3-5-6/h5-6,11-13,20-21H,2-4,7-10H2,1H3,(H,22,23);1-5H. The zero-order valence-electron chi connectivity index (χ0n) is 19.2. The maximum atomic E-state index is 12.8. The van der Waals surface area contributed by atoms with Crippen molar-refractivity contribution in [2.45, 2.75) is 51.3 Å². The van der Waals surface area contributed by atoms with Crippen LogP contribution < -0.4 is 15.4 Å². The Morgan fingerprint density at radius 3 is 2.38 bits per heavy atom. The zero-order valence-corrected chi connectivity index (χ0v) is 19.2. The number of alkyl halides is 3. The molecule has 34 heavy (non-hydrogen) atoms. The lowest BCUT2D eigenvalue weighted by atomic mass is 9.80. The molecule has 1 aliphatic heterocycles. The van der Waals surface area contributed by atoms with E-state index in [0.29, 0.717) is 6.10 Å². The lowest BCUT2D eigenvalue weighted by Gasteiger charge is -2.32. The molecule has 0 radical (unpaired) electrons. The van der Waals surface area contributed by atoms with Gasteiger partial charge in [-0.3, -0.25) is 4.79 Å². The van der Waals surface area contributed by atoms with Crippen molar-refractivity contribution in [2.24, 2.45) is 5.41 Å². The molecule has 0 bridgehead atoms. The summed E-state index contributed by atoms with van der Waals surface area (Å²) in [4.78, 5) is 16.0. The van der Waals surface area contributed by atoms with Gasteiger partial charge in [0.1, 0.15) is 5.75 Å². The Balaban J connectivity index is 0.000000231. The van der Waals surface area contributed by atoms with Gasteiger partial charge in [-0.05, 0) is 63.4 Å². The first-order valence-corrected chi connectivity index (χ1v) is 11.7. The molecular weight excluding hydrogens is 443 g/mol. The highest BCUT2D eigenvalue weighted by Crippen LogP contribution is 2.34. The molecule has 0 atom stereocenters. The highest BCUT2D eigenvalue weighted by Gasteiger charge is 2.35. The lowest BCUT2D eigenvalue weighted by Crippen LogP contribution is -2.42. The Bertz CT molecular complexity index is 1100. The van der Waals surface area contributed by atoms with E-state index in [2.05, 4.69) is 22.5 Å². The first kappa shape index (κ1) is 24.1. The van der Waals surface area contributed by atoms with Crippen LogP contribution in [0.25, 0.3) is 10.9 Å². The molecule has 1 saturated carbocycles. The second kappa shape index (κ2) is 10.1. The van der Waals surface area contributed by atoms with Crippen LogP contribution in [0.3, 0.4) is 0 Å². The molecular formula is C26H30F3N3O2. The molecule has 1 amide bonds. The molecule has 8 heteroatoms. The van der Waals surface area contributed by atoms with Crippen molar-refractivity contribution in [1.82, 2.24) is 10.3 Å². The summed E-state index contributed by atoms with van der Waals surface area (Å²) in [6, 6.07) is 12.4. The first-order chi connectivity index (χ1) is 16.2. The quantitative estimate of drug-likeness (QED) is 0.427. The highest BCUT2D eigenvalue weighted by molar-refractivity contribution is 6.03. The van der Waals surface area contributed by atoms with E-state index in [9.17, 15) is 18.0 Å². The largest absolute Gasteiger partial charge is 0.490 e. The number of rotatable bonds is 4. The van der Waals surface area contributed by atoms with Gasteiger partial charge in [0.2, 0.25) is 5.91 Å². The van der Waals surface area contributed by atoms with Crippen LogP contribution in [0.1, 0.15) is 44.6 Å². The monoisotopic (exact) mass is 473 g/mol. The van der Waals surface area contributed by atoms with Gasteiger partial charge in [0.15, 0.2) is 0 Å². The van der Waals surface area contributed by atoms with Crippen LogP contribution in [0.5, 0.6) is 5.75 Å². The number of aromatic amines is 1. The number of carbonyl (C=O) groups is 1. The fourth-order valence-corrected chi connectivity index (χ4v) is 4.06. The third-order valence-electron chi connectivity index (χ3n) is 6.61. The number of hydrogen-bond acceptors (Lipinski definition) is 3. The van der Waals surface area contributed by atoms with Crippen LogP contribution in [0.15, 0.2) is 54.7 Å². The molecule has 5 nitrogen and oxygen atoms in total. The minimum atomic E-state index is -4.21. The maximum absolute atomic E-state index is 12.8. The van der Waals surface area contributed by atoms with Gasteiger partial charge in [-0.1, -0.05) is 37.3 Å². The molecule has 5 rings (SSSR count). The Hall–Kier alpha value is -3.00. The van der Waals surface area contributed by atoms with Crippen molar-refractivity contribution >= 4 is 22.5 Å². The summed E-state index contributed by atoms with van der Waals surface area (Å²) in [7, 11) is 0. The molecule has 2 aliphatic rings. The molecule has 1 aliphatic carbocycles. The van der Waals surface area contributed by atoms with E-state index in [4.69, 9.17) is 4.74 Å². The van der Waals surface area contributed by atoms with Crippen molar-refractivity contribution < 1.29 is 22.7 Å². The van der Waals surface area contributed by atoms with E-state index in [1.807, 2.05) is 24.4 Å². The SMILES string of the molecule is CC1(C(=O)Nc2c[nH]c3ccc(OC4CCC4)cc23)CCNCC1.FC(F)(F)c1ccccc1. The summed E-state index contributed by atoms with van der Waals surface area (Å²) in [5.41, 5.74) is 0.958. The Morgan fingerprint density at radius 1 is 1.09 bits per heavy atom. The fourth-order valence-electron chi connectivity index (χ4n) is 4.06. The lowest BCUT2D eigenvalue weighted by molar-refractivity contribution is -0.137. The number of anilines is 1. The van der Waals surface area contributed by atoms with Crippen LogP contribution in [-0.2, 0) is 11.0 Å². The van der Waals surface area contributed by atoms with Gasteiger partial charge < -0.3 is 20.4 Å². The first-order valence-electron chi connectivity index (χ1n) is 11.7. The summed E-state index contributed by atoms with van der Waals surface area (Å²) < 4.78 is 41.4. The molecule has 1 saturated heterocycles. The van der Waals surface area contributed by atoms with Crippen LogP contribution in [0.2, 0.25) is 0 Å². The molecule has 2 heterocycles. The molecule has 3 N–H and O–H groups in total. The number of hydrogen-bond donors (Lipinski definition) is 3. The minimum Gasteiger partial charge on any atom is -0.490 e. The number of piperidine rings is 1. The van der Waals surface area contributed by atoms with Crippen molar-refractivity contribution in [2.75, 3.05) is 18.4 Å². The van der Waals surface area contributed by atoms with Gasteiger partial charge in [0, 0.05) is 22.5 Å². The highest BCUT2D eigenvalue weighted by atomic mass is 19.4. The Labute approximate surface area is 197 Å². The molecule has 0 unspecified atom stereocenters. The normalized spacial score (nSPS) is 17.9. The summed E-state index contributed by atoms with van der Waals surface area (Å²) in [6.07, 6.45) is 3.30. The Morgan fingerprint density at radius 2 is 1.79 bits per heavy atom.